The molecule has 1 N–H and O–H groups in total. The van der Waals surface area contributed by atoms with E-state index in [0.717, 1.165) is 17.7 Å². The van der Waals surface area contributed by atoms with Gasteiger partial charge < -0.3 is 5.11 Å². The summed E-state index contributed by atoms with van der Waals surface area (Å²) in [6.45, 7) is 3.74. The number of halogens is 1. The van der Waals surface area contributed by atoms with Gasteiger partial charge in [0.25, 0.3) is 0 Å². The zero-order chi connectivity index (χ0) is 13.8. The standard InChI is InChI=1S/C15H17FN2O/c1-3-11(9-19)15-17-7-6-14(18-15)12-4-5-13(16)10(2)8-12/h4-8,11,19H,3,9H2,1-2H3. The maximum Gasteiger partial charge on any atom is 0.134 e. The third kappa shape index (κ3) is 2.96. The monoisotopic (exact) mass is 260 g/mol. The normalized spacial score (nSPS) is 12.4. The number of aromatic nitrogens is 2. The van der Waals surface area contributed by atoms with E-state index in [1.807, 2.05) is 6.92 Å². The molecule has 0 saturated heterocycles. The van der Waals surface area contributed by atoms with Gasteiger partial charge in [-0.05, 0) is 43.2 Å². The summed E-state index contributed by atoms with van der Waals surface area (Å²) in [5, 5.41) is 9.29. The minimum absolute atomic E-state index is 0.0302. The smallest absolute Gasteiger partial charge is 0.134 e. The van der Waals surface area contributed by atoms with Gasteiger partial charge in [0.15, 0.2) is 0 Å². The highest BCUT2D eigenvalue weighted by Crippen LogP contribution is 2.22. The summed E-state index contributed by atoms with van der Waals surface area (Å²) < 4.78 is 13.3. The fourth-order valence-electron chi connectivity index (χ4n) is 1.93. The molecule has 1 aromatic heterocycles. The highest BCUT2D eigenvalue weighted by molar-refractivity contribution is 5.59. The molecule has 0 spiro atoms. The molecule has 4 heteroatoms. The van der Waals surface area contributed by atoms with Gasteiger partial charge >= 0.3 is 0 Å². The molecule has 0 bridgehead atoms. The van der Waals surface area contributed by atoms with Crippen LogP contribution in [0.3, 0.4) is 0 Å². The van der Waals surface area contributed by atoms with E-state index in [0.29, 0.717) is 11.4 Å². The third-order valence-electron chi connectivity index (χ3n) is 3.21. The van der Waals surface area contributed by atoms with Crippen molar-refractivity contribution >= 4 is 0 Å². The number of hydrogen-bond donors (Lipinski definition) is 1. The minimum Gasteiger partial charge on any atom is -0.396 e. The Balaban J connectivity index is 2.40. The Labute approximate surface area is 112 Å². The zero-order valence-corrected chi connectivity index (χ0v) is 11.1. The fraction of sp³-hybridized carbons (Fsp3) is 0.333. The number of hydrogen-bond acceptors (Lipinski definition) is 3. The number of aliphatic hydroxyl groups excluding tert-OH is 1. The van der Waals surface area contributed by atoms with E-state index in [1.54, 1.807) is 31.3 Å². The van der Waals surface area contributed by atoms with Crippen LogP contribution in [-0.4, -0.2) is 21.7 Å². The van der Waals surface area contributed by atoms with Gasteiger partial charge in [-0.15, -0.1) is 0 Å². The Bertz CT molecular complexity index is 568. The van der Waals surface area contributed by atoms with Crippen LogP contribution in [-0.2, 0) is 0 Å². The van der Waals surface area contributed by atoms with Gasteiger partial charge in [-0.25, -0.2) is 14.4 Å². The second-order valence-electron chi connectivity index (χ2n) is 4.55. The largest absolute Gasteiger partial charge is 0.396 e. The summed E-state index contributed by atoms with van der Waals surface area (Å²) in [6, 6.07) is 6.70. The van der Waals surface area contributed by atoms with Gasteiger partial charge in [-0.3, -0.25) is 0 Å². The molecule has 0 radical (unpaired) electrons. The van der Waals surface area contributed by atoms with Crippen LogP contribution in [0.1, 0.15) is 30.7 Å². The van der Waals surface area contributed by atoms with Crippen molar-refractivity contribution in [1.82, 2.24) is 9.97 Å². The summed E-state index contributed by atoms with van der Waals surface area (Å²) in [5.74, 6) is 0.353. The lowest BCUT2D eigenvalue weighted by molar-refractivity contribution is 0.257. The van der Waals surface area contributed by atoms with Gasteiger partial charge in [0, 0.05) is 17.7 Å². The van der Waals surface area contributed by atoms with Crippen molar-refractivity contribution in [1.29, 1.82) is 0 Å². The van der Waals surface area contributed by atoms with Gasteiger partial charge in [0.2, 0.25) is 0 Å². The number of aryl methyl sites for hydroxylation is 1. The van der Waals surface area contributed by atoms with E-state index in [-0.39, 0.29) is 18.3 Å². The molecule has 1 unspecified atom stereocenters. The Morgan fingerprint density at radius 3 is 2.74 bits per heavy atom. The van der Waals surface area contributed by atoms with Crippen LogP contribution in [0.2, 0.25) is 0 Å². The minimum atomic E-state index is -0.222. The van der Waals surface area contributed by atoms with Crippen LogP contribution in [0.5, 0.6) is 0 Å². The summed E-state index contributed by atoms with van der Waals surface area (Å²) >= 11 is 0. The van der Waals surface area contributed by atoms with Crippen LogP contribution in [0.4, 0.5) is 4.39 Å². The van der Waals surface area contributed by atoms with Crippen LogP contribution in [0.25, 0.3) is 11.3 Å². The highest BCUT2D eigenvalue weighted by Gasteiger charge is 2.12. The van der Waals surface area contributed by atoms with Crippen LogP contribution in [0, 0.1) is 12.7 Å². The Morgan fingerprint density at radius 2 is 2.11 bits per heavy atom. The molecule has 0 aliphatic rings. The molecular weight excluding hydrogens is 243 g/mol. The van der Waals surface area contributed by atoms with Crippen molar-refractivity contribution in [3.8, 4) is 11.3 Å². The van der Waals surface area contributed by atoms with Crippen molar-refractivity contribution in [3.63, 3.8) is 0 Å². The molecule has 1 atom stereocenters. The van der Waals surface area contributed by atoms with Crippen molar-refractivity contribution < 1.29 is 9.50 Å². The molecule has 0 aliphatic carbocycles. The highest BCUT2D eigenvalue weighted by atomic mass is 19.1. The van der Waals surface area contributed by atoms with Crippen LogP contribution < -0.4 is 0 Å². The first-order valence-electron chi connectivity index (χ1n) is 6.36. The van der Waals surface area contributed by atoms with Gasteiger partial charge in [-0.1, -0.05) is 6.92 Å². The number of aliphatic hydroxyl groups is 1. The molecule has 2 rings (SSSR count). The summed E-state index contributed by atoms with van der Waals surface area (Å²) in [4.78, 5) is 8.66. The summed E-state index contributed by atoms with van der Waals surface area (Å²) in [7, 11) is 0. The van der Waals surface area contributed by atoms with E-state index in [1.165, 1.54) is 6.07 Å². The SMILES string of the molecule is CCC(CO)c1nccc(-c2ccc(F)c(C)c2)n1. The Kier molecular flexibility index (Phi) is 4.22. The van der Waals surface area contributed by atoms with E-state index >= 15 is 0 Å². The first-order chi connectivity index (χ1) is 9.15. The topological polar surface area (TPSA) is 46.0 Å². The van der Waals surface area contributed by atoms with Crippen molar-refractivity contribution in [2.24, 2.45) is 0 Å². The Morgan fingerprint density at radius 1 is 1.32 bits per heavy atom. The molecule has 0 saturated carbocycles. The molecule has 1 aromatic carbocycles. The number of rotatable bonds is 4. The van der Waals surface area contributed by atoms with Crippen LogP contribution in [0.15, 0.2) is 30.5 Å². The zero-order valence-electron chi connectivity index (χ0n) is 11.1. The van der Waals surface area contributed by atoms with E-state index in [2.05, 4.69) is 9.97 Å². The van der Waals surface area contributed by atoms with Crippen molar-refractivity contribution in [2.45, 2.75) is 26.2 Å². The molecule has 3 nitrogen and oxygen atoms in total. The quantitative estimate of drug-likeness (QED) is 0.919. The molecule has 1 heterocycles. The van der Waals surface area contributed by atoms with E-state index in [9.17, 15) is 9.50 Å². The summed E-state index contributed by atoms with van der Waals surface area (Å²) in [5.41, 5.74) is 2.20. The first kappa shape index (κ1) is 13.6. The van der Waals surface area contributed by atoms with Gasteiger partial charge in [0.1, 0.15) is 11.6 Å². The maximum absolute atomic E-state index is 13.3. The molecule has 19 heavy (non-hydrogen) atoms. The number of nitrogens with zero attached hydrogens (tertiary/aromatic N) is 2. The Hall–Kier alpha value is -1.81. The first-order valence-corrected chi connectivity index (χ1v) is 6.36. The molecular formula is C15H17FN2O. The van der Waals surface area contributed by atoms with Gasteiger partial charge in [-0.2, -0.15) is 0 Å². The summed E-state index contributed by atoms with van der Waals surface area (Å²) in [6.07, 6.45) is 2.46. The number of benzene rings is 1. The van der Waals surface area contributed by atoms with Crippen molar-refractivity contribution in [3.05, 3.63) is 47.7 Å². The molecule has 2 aromatic rings. The predicted octanol–water partition coefficient (Wildman–Crippen LogP) is 3.08. The average molecular weight is 260 g/mol. The predicted molar refractivity (Wildman–Crippen MR) is 72.3 cm³/mol. The third-order valence-corrected chi connectivity index (χ3v) is 3.21. The van der Waals surface area contributed by atoms with Gasteiger partial charge in [0.05, 0.1) is 12.3 Å². The van der Waals surface area contributed by atoms with E-state index in [4.69, 9.17) is 0 Å². The molecule has 0 fully saturated rings. The lowest BCUT2D eigenvalue weighted by Gasteiger charge is -2.11. The second kappa shape index (κ2) is 5.89. The van der Waals surface area contributed by atoms with Crippen LogP contribution >= 0.6 is 0 Å². The lowest BCUT2D eigenvalue weighted by Crippen LogP contribution is -2.08. The van der Waals surface area contributed by atoms with Crippen molar-refractivity contribution in [2.75, 3.05) is 6.61 Å². The average Bonchev–Trinajstić information content (AvgIpc) is 2.44. The molecule has 100 valence electrons. The lowest BCUT2D eigenvalue weighted by atomic mass is 10.1. The van der Waals surface area contributed by atoms with E-state index < -0.39 is 0 Å². The molecule has 0 aliphatic heterocycles. The second-order valence-corrected chi connectivity index (χ2v) is 4.55. The molecule has 0 amide bonds. The fourth-order valence-corrected chi connectivity index (χ4v) is 1.93. The maximum atomic E-state index is 13.3.